The Labute approximate surface area is 127 Å². The zero-order chi connectivity index (χ0) is 14.7. The number of carbonyl (C=O) groups is 1. The Balaban J connectivity index is 1.94. The van der Waals surface area contributed by atoms with Crippen molar-refractivity contribution >= 4 is 21.8 Å². The molecule has 0 spiro atoms. The summed E-state index contributed by atoms with van der Waals surface area (Å²) in [6, 6.07) is 5.09. The van der Waals surface area contributed by atoms with E-state index in [0.29, 0.717) is 10.5 Å². The highest BCUT2D eigenvalue weighted by Gasteiger charge is 2.23. The number of likely N-dealkylation sites (tertiary alicyclic amines) is 1. The van der Waals surface area contributed by atoms with Crippen molar-refractivity contribution in [1.29, 1.82) is 0 Å². The van der Waals surface area contributed by atoms with Crippen LogP contribution in [-0.2, 0) is 0 Å². The highest BCUT2D eigenvalue weighted by Crippen LogP contribution is 2.17. The maximum Gasteiger partial charge on any atom is 0.254 e. The Morgan fingerprint density at radius 2 is 2.05 bits per heavy atom. The first-order valence-electron chi connectivity index (χ1n) is 6.97. The van der Waals surface area contributed by atoms with E-state index < -0.39 is 5.82 Å². The van der Waals surface area contributed by atoms with Gasteiger partial charge in [-0.1, -0.05) is 15.9 Å². The molecule has 1 aliphatic rings. The molecule has 1 N–H and O–H groups in total. The van der Waals surface area contributed by atoms with E-state index in [1.807, 2.05) is 0 Å². The van der Waals surface area contributed by atoms with Gasteiger partial charge in [0.25, 0.3) is 5.91 Å². The quantitative estimate of drug-likeness (QED) is 0.914. The second kappa shape index (κ2) is 6.68. The van der Waals surface area contributed by atoms with Crippen molar-refractivity contribution in [3.63, 3.8) is 0 Å². The lowest BCUT2D eigenvalue weighted by Gasteiger charge is -2.34. The molecule has 1 saturated heterocycles. The molecule has 0 atom stereocenters. The Morgan fingerprint density at radius 1 is 1.40 bits per heavy atom. The van der Waals surface area contributed by atoms with Crippen LogP contribution in [0.15, 0.2) is 22.7 Å². The minimum absolute atomic E-state index is 0.102. The minimum Gasteiger partial charge on any atom is -0.349 e. The summed E-state index contributed by atoms with van der Waals surface area (Å²) in [5.74, 6) is -0.808. The van der Waals surface area contributed by atoms with Crippen molar-refractivity contribution < 1.29 is 9.18 Å². The monoisotopic (exact) mass is 342 g/mol. The summed E-state index contributed by atoms with van der Waals surface area (Å²) in [7, 11) is 0. The van der Waals surface area contributed by atoms with E-state index in [4.69, 9.17) is 0 Å². The summed E-state index contributed by atoms with van der Waals surface area (Å²) >= 11 is 3.26. The van der Waals surface area contributed by atoms with Crippen molar-refractivity contribution in [2.24, 2.45) is 0 Å². The van der Waals surface area contributed by atoms with Gasteiger partial charge in [0.05, 0.1) is 5.56 Å². The number of nitrogens with one attached hydrogen (secondary N) is 1. The van der Waals surface area contributed by atoms with Crippen LogP contribution < -0.4 is 5.32 Å². The van der Waals surface area contributed by atoms with Crippen molar-refractivity contribution in [2.75, 3.05) is 13.1 Å². The largest absolute Gasteiger partial charge is 0.349 e. The van der Waals surface area contributed by atoms with Crippen molar-refractivity contribution in [2.45, 2.75) is 38.8 Å². The maximum atomic E-state index is 13.7. The van der Waals surface area contributed by atoms with Crippen LogP contribution in [0.4, 0.5) is 4.39 Å². The van der Waals surface area contributed by atoms with E-state index in [2.05, 4.69) is 40.0 Å². The van der Waals surface area contributed by atoms with Gasteiger partial charge in [0.15, 0.2) is 0 Å². The number of piperidine rings is 1. The fraction of sp³-hybridized carbons (Fsp3) is 0.533. The van der Waals surface area contributed by atoms with Crippen molar-refractivity contribution in [3.8, 4) is 0 Å². The third kappa shape index (κ3) is 3.79. The van der Waals surface area contributed by atoms with Crippen LogP contribution in [0.25, 0.3) is 0 Å². The Morgan fingerprint density at radius 3 is 2.65 bits per heavy atom. The van der Waals surface area contributed by atoms with E-state index in [1.54, 1.807) is 6.07 Å². The number of halogens is 2. The van der Waals surface area contributed by atoms with Crippen LogP contribution in [0, 0.1) is 5.82 Å². The first kappa shape index (κ1) is 15.4. The summed E-state index contributed by atoms with van der Waals surface area (Å²) in [6.07, 6.45) is 1.83. The molecule has 0 bridgehead atoms. The molecule has 5 heteroatoms. The van der Waals surface area contributed by atoms with Crippen LogP contribution in [0.2, 0.25) is 0 Å². The standard InChI is InChI=1S/C15H20BrFN2O/c1-10(2)19-7-5-12(6-8-19)18-15(20)13-9-11(16)3-4-14(13)17/h3-4,9-10,12H,5-8H2,1-2H3,(H,18,20). The van der Waals surface area contributed by atoms with Gasteiger partial charge in [-0.25, -0.2) is 4.39 Å². The van der Waals surface area contributed by atoms with Crippen LogP contribution in [-0.4, -0.2) is 36.0 Å². The average molecular weight is 343 g/mol. The van der Waals surface area contributed by atoms with E-state index >= 15 is 0 Å². The molecule has 1 fully saturated rings. The lowest BCUT2D eigenvalue weighted by atomic mass is 10.0. The van der Waals surface area contributed by atoms with Crippen LogP contribution >= 0.6 is 15.9 Å². The second-order valence-corrected chi connectivity index (χ2v) is 6.42. The third-order valence-corrected chi connectivity index (χ3v) is 4.26. The summed E-state index contributed by atoms with van der Waals surface area (Å²) < 4.78 is 14.4. The van der Waals surface area contributed by atoms with Crippen molar-refractivity contribution in [1.82, 2.24) is 10.2 Å². The highest BCUT2D eigenvalue weighted by molar-refractivity contribution is 9.10. The molecular weight excluding hydrogens is 323 g/mol. The zero-order valence-electron chi connectivity index (χ0n) is 11.8. The topological polar surface area (TPSA) is 32.3 Å². The number of amides is 1. The third-order valence-electron chi connectivity index (χ3n) is 3.77. The maximum absolute atomic E-state index is 13.7. The second-order valence-electron chi connectivity index (χ2n) is 5.50. The number of nitrogens with zero attached hydrogens (tertiary/aromatic N) is 1. The number of carbonyl (C=O) groups excluding carboxylic acids is 1. The summed E-state index contributed by atoms with van der Waals surface area (Å²) in [6.45, 7) is 6.30. The lowest BCUT2D eigenvalue weighted by molar-refractivity contribution is 0.0896. The smallest absolute Gasteiger partial charge is 0.254 e. The molecule has 20 heavy (non-hydrogen) atoms. The molecule has 1 aromatic carbocycles. The molecule has 0 saturated carbocycles. The Hall–Kier alpha value is -0.940. The fourth-order valence-corrected chi connectivity index (χ4v) is 2.86. The molecular formula is C15H20BrFN2O. The first-order chi connectivity index (χ1) is 9.47. The molecule has 1 aliphatic heterocycles. The van der Waals surface area contributed by atoms with E-state index in [1.165, 1.54) is 12.1 Å². The fourth-order valence-electron chi connectivity index (χ4n) is 2.49. The molecule has 0 radical (unpaired) electrons. The van der Waals surface area contributed by atoms with E-state index in [0.717, 1.165) is 25.9 Å². The van der Waals surface area contributed by atoms with Gasteiger partial charge in [-0.15, -0.1) is 0 Å². The molecule has 110 valence electrons. The average Bonchev–Trinajstić information content (AvgIpc) is 2.42. The predicted octanol–water partition coefficient (Wildman–Crippen LogP) is 3.19. The van der Waals surface area contributed by atoms with E-state index in [9.17, 15) is 9.18 Å². The first-order valence-corrected chi connectivity index (χ1v) is 7.76. The summed E-state index contributed by atoms with van der Waals surface area (Å²) in [4.78, 5) is 14.5. The van der Waals surface area contributed by atoms with Gasteiger partial charge in [0, 0.05) is 29.6 Å². The number of hydrogen-bond acceptors (Lipinski definition) is 2. The highest BCUT2D eigenvalue weighted by atomic mass is 79.9. The molecule has 2 rings (SSSR count). The van der Waals surface area contributed by atoms with Gasteiger partial charge >= 0.3 is 0 Å². The normalized spacial score (nSPS) is 17.4. The zero-order valence-corrected chi connectivity index (χ0v) is 13.4. The van der Waals surface area contributed by atoms with Gasteiger partial charge in [-0.2, -0.15) is 0 Å². The molecule has 3 nitrogen and oxygen atoms in total. The van der Waals surface area contributed by atoms with Gasteiger partial charge < -0.3 is 10.2 Å². The van der Waals surface area contributed by atoms with Crippen molar-refractivity contribution in [3.05, 3.63) is 34.1 Å². The predicted molar refractivity (Wildman–Crippen MR) is 81.3 cm³/mol. The van der Waals surface area contributed by atoms with Crippen LogP contribution in [0.3, 0.4) is 0 Å². The van der Waals surface area contributed by atoms with Gasteiger partial charge in [-0.3, -0.25) is 4.79 Å². The number of rotatable bonds is 3. The molecule has 0 aromatic heterocycles. The molecule has 0 unspecified atom stereocenters. The van der Waals surface area contributed by atoms with Gasteiger partial charge in [-0.05, 0) is 44.9 Å². The number of benzene rings is 1. The van der Waals surface area contributed by atoms with Crippen LogP contribution in [0.5, 0.6) is 0 Å². The molecule has 0 aliphatic carbocycles. The molecule has 1 heterocycles. The molecule has 1 amide bonds. The minimum atomic E-state index is -0.481. The Bertz CT molecular complexity index is 485. The van der Waals surface area contributed by atoms with Gasteiger partial charge in [0.2, 0.25) is 0 Å². The molecule has 1 aromatic rings. The van der Waals surface area contributed by atoms with Crippen LogP contribution in [0.1, 0.15) is 37.0 Å². The summed E-state index contributed by atoms with van der Waals surface area (Å²) in [5.41, 5.74) is 0.102. The van der Waals surface area contributed by atoms with E-state index in [-0.39, 0.29) is 17.5 Å². The number of hydrogen-bond donors (Lipinski definition) is 1. The SMILES string of the molecule is CC(C)N1CCC(NC(=O)c2cc(Br)ccc2F)CC1. The summed E-state index contributed by atoms with van der Waals surface area (Å²) in [5, 5.41) is 2.94. The lowest BCUT2D eigenvalue weighted by Crippen LogP contribution is -2.46. The Kier molecular flexibility index (Phi) is 5.16. The van der Waals surface area contributed by atoms with Gasteiger partial charge in [0.1, 0.15) is 5.82 Å².